The Morgan fingerprint density at radius 2 is 2.32 bits per heavy atom. The van der Waals surface area contributed by atoms with Crippen LogP contribution in [0, 0.1) is 12.3 Å². The number of imidazole rings is 1. The van der Waals surface area contributed by atoms with Crippen molar-refractivity contribution in [2.24, 2.45) is 5.41 Å². The lowest BCUT2D eigenvalue weighted by Crippen LogP contribution is -2.46. The van der Waals surface area contributed by atoms with Crippen LogP contribution in [0.5, 0.6) is 0 Å². The van der Waals surface area contributed by atoms with E-state index in [1.165, 1.54) is 0 Å². The summed E-state index contributed by atoms with van der Waals surface area (Å²) in [6.07, 6.45) is 2.70. The van der Waals surface area contributed by atoms with Crippen LogP contribution < -0.4 is 0 Å². The normalized spacial score (nSPS) is 25.5. The molecule has 5 nitrogen and oxygen atoms in total. The van der Waals surface area contributed by atoms with Crippen LogP contribution in [-0.2, 0) is 16.1 Å². The Morgan fingerprint density at radius 3 is 3.14 bits per heavy atom. The molecule has 0 unspecified atom stereocenters. The minimum atomic E-state index is 0.197. The average molecular weight is 299 g/mol. The van der Waals surface area contributed by atoms with Gasteiger partial charge < -0.3 is 14.6 Å². The second-order valence-electron chi connectivity index (χ2n) is 6.73. The van der Waals surface area contributed by atoms with Crippen molar-refractivity contribution < 1.29 is 9.53 Å². The number of hydrogen-bond acceptors (Lipinski definition) is 3. The van der Waals surface area contributed by atoms with Gasteiger partial charge in [-0.25, -0.2) is 4.98 Å². The zero-order chi connectivity index (χ0) is 15.2. The van der Waals surface area contributed by atoms with Crippen LogP contribution in [0.2, 0.25) is 0 Å². The maximum Gasteiger partial charge on any atom is 0.222 e. The molecule has 2 fully saturated rings. The van der Waals surface area contributed by atoms with E-state index >= 15 is 0 Å². The van der Waals surface area contributed by atoms with Gasteiger partial charge in [-0.2, -0.15) is 0 Å². The highest BCUT2D eigenvalue weighted by Crippen LogP contribution is 2.38. The molecule has 22 heavy (non-hydrogen) atoms. The molecule has 1 aromatic heterocycles. The summed E-state index contributed by atoms with van der Waals surface area (Å²) in [5, 5.41) is 0. The lowest BCUT2D eigenvalue weighted by molar-refractivity contribution is -0.138. The fourth-order valence-electron chi connectivity index (χ4n) is 3.72. The highest BCUT2D eigenvalue weighted by atomic mass is 16.5. The first-order valence-electron chi connectivity index (χ1n) is 7.94. The summed E-state index contributed by atoms with van der Waals surface area (Å²) >= 11 is 0. The van der Waals surface area contributed by atoms with Gasteiger partial charge in [0.2, 0.25) is 5.91 Å². The largest absolute Gasteiger partial charge is 0.381 e. The summed E-state index contributed by atoms with van der Waals surface area (Å²) < 4.78 is 5.58. The van der Waals surface area contributed by atoms with Gasteiger partial charge in [0, 0.05) is 31.5 Å². The molecule has 3 heterocycles. The number of aromatic amines is 1. The summed E-state index contributed by atoms with van der Waals surface area (Å²) in [6.45, 7) is 5.09. The highest BCUT2D eigenvalue weighted by Gasteiger charge is 2.41. The lowest BCUT2D eigenvalue weighted by Gasteiger charge is -2.39. The molecule has 0 bridgehead atoms. The number of nitrogens with zero attached hydrogens (tertiary/aromatic N) is 2. The second kappa shape index (κ2) is 5.09. The SMILES string of the molecule is Cc1nc2ccc(CN3C[C@]4(CCOC4)CCC3=O)cc2[nH]1. The average Bonchev–Trinajstić information content (AvgIpc) is 3.09. The van der Waals surface area contributed by atoms with Crippen LogP contribution in [0.25, 0.3) is 11.0 Å². The molecule has 1 spiro atoms. The third kappa shape index (κ3) is 2.39. The number of amides is 1. The van der Waals surface area contributed by atoms with Crippen molar-refractivity contribution in [2.45, 2.75) is 32.7 Å². The van der Waals surface area contributed by atoms with E-state index in [4.69, 9.17) is 4.74 Å². The summed E-state index contributed by atoms with van der Waals surface area (Å²) in [7, 11) is 0. The summed E-state index contributed by atoms with van der Waals surface area (Å²) in [5.74, 6) is 1.18. The van der Waals surface area contributed by atoms with Gasteiger partial charge in [0.15, 0.2) is 0 Å². The Labute approximate surface area is 129 Å². The van der Waals surface area contributed by atoms with Gasteiger partial charge in [0.05, 0.1) is 17.6 Å². The number of fused-ring (bicyclic) bond motifs is 1. The molecular formula is C17H21N3O2. The zero-order valence-electron chi connectivity index (χ0n) is 12.9. The van der Waals surface area contributed by atoms with Crippen molar-refractivity contribution in [3.8, 4) is 0 Å². The molecule has 2 saturated heterocycles. The molecule has 0 radical (unpaired) electrons. The van der Waals surface area contributed by atoms with Gasteiger partial charge in [0.25, 0.3) is 0 Å². The number of benzene rings is 1. The van der Waals surface area contributed by atoms with E-state index in [1.54, 1.807) is 0 Å². The van der Waals surface area contributed by atoms with Gasteiger partial charge in [-0.1, -0.05) is 6.07 Å². The summed E-state index contributed by atoms with van der Waals surface area (Å²) in [6, 6.07) is 6.20. The molecule has 2 aromatic rings. The van der Waals surface area contributed by atoms with E-state index in [1.807, 2.05) is 17.9 Å². The third-order valence-corrected chi connectivity index (χ3v) is 4.97. The van der Waals surface area contributed by atoms with Gasteiger partial charge in [-0.05, 0) is 37.5 Å². The minimum absolute atomic E-state index is 0.197. The Kier molecular flexibility index (Phi) is 3.18. The number of aromatic nitrogens is 2. The number of hydrogen-bond donors (Lipinski definition) is 1. The Balaban J connectivity index is 1.55. The number of likely N-dealkylation sites (tertiary alicyclic amines) is 1. The minimum Gasteiger partial charge on any atom is -0.381 e. The number of ether oxygens (including phenoxy) is 1. The first kappa shape index (κ1) is 13.8. The molecule has 2 aliphatic rings. The first-order chi connectivity index (χ1) is 10.6. The monoisotopic (exact) mass is 299 g/mol. The molecule has 5 heteroatoms. The fraction of sp³-hybridized carbons (Fsp3) is 0.529. The molecule has 1 N–H and O–H groups in total. The van der Waals surface area contributed by atoms with E-state index in [-0.39, 0.29) is 11.3 Å². The number of nitrogens with one attached hydrogen (secondary N) is 1. The molecule has 0 saturated carbocycles. The van der Waals surface area contributed by atoms with Gasteiger partial charge in [0.1, 0.15) is 5.82 Å². The van der Waals surface area contributed by atoms with Gasteiger partial charge in [-0.15, -0.1) is 0 Å². The van der Waals surface area contributed by atoms with Crippen molar-refractivity contribution in [1.29, 1.82) is 0 Å². The lowest BCUT2D eigenvalue weighted by atomic mass is 9.79. The van der Waals surface area contributed by atoms with Gasteiger partial charge >= 0.3 is 0 Å². The number of carbonyl (C=O) groups excluding carboxylic acids is 1. The van der Waals surface area contributed by atoms with Crippen LogP contribution in [0.1, 0.15) is 30.7 Å². The Bertz CT molecular complexity index is 716. The predicted molar refractivity (Wildman–Crippen MR) is 83.4 cm³/mol. The van der Waals surface area contributed by atoms with Crippen LogP contribution in [0.15, 0.2) is 18.2 Å². The third-order valence-electron chi connectivity index (χ3n) is 4.97. The predicted octanol–water partition coefficient (Wildman–Crippen LogP) is 2.40. The Morgan fingerprint density at radius 1 is 1.41 bits per heavy atom. The van der Waals surface area contributed by atoms with Crippen LogP contribution in [-0.4, -0.2) is 40.5 Å². The summed E-state index contributed by atoms with van der Waals surface area (Å²) in [5.41, 5.74) is 3.37. The quantitative estimate of drug-likeness (QED) is 0.926. The number of piperidine rings is 1. The molecule has 1 amide bonds. The number of rotatable bonds is 2. The zero-order valence-corrected chi connectivity index (χ0v) is 12.9. The van der Waals surface area contributed by atoms with Crippen molar-refractivity contribution in [1.82, 2.24) is 14.9 Å². The van der Waals surface area contributed by atoms with Crippen LogP contribution >= 0.6 is 0 Å². The molecule has 1 atom stereocenters. The number of carbonyl (C=O) groups is 1. The van der Waals surface area contributed by atoms with E-state index in [0.29, 0.717) is 13.0 Å². The molecule has 4 rings (SSSR count). The molecule has 1 aromatic carbocycles. The van der Waals surface area contributed by atoms with Crippen molar-refractivity contribution in [3.05, 3.63) is 29.6 Å². The Hall–Kier alpha value is -1.88. The van der Waals surface area contributed by atoms with Gasteiger partial charge in [-0.3, -0.25) is 4.79 Å². The summed E-state index contributed by atoms with van der Waals surface area (Å²) in [4.78, 5) is 22.0. The van der Waals surface area contributed by atoms with Crippen molar-refractivity contribution >= 4 is 16.9 Å². The van der Waals surface area contributed by atoms with E-state index < -0.39 is 0 Å². The first-order valence-corrected chi connectivity index (χ1v) is 7.94. The maximum atomic E-state index is 12.3. The topological polar surface area (TPSA) is 58.2 Å². The highest BCUT2D eigenvalue weighted by molar-refractivity contribution is 5.78. The smallest absolute Gasteiger partial charge is 0.222 e. The number of H-pyrrole nitrogens is 1. The standard InChI is InChI=1S/C17H21N3O2/c1-12-18-14-3-2-13(8-15(14)19-12)9-20-10-17(5-4-16(20)21)6-7-22-11-17/h2-3,8H,4-7,9-11H2,1H3,(H,18,19)/t17-/m1/s1. The van der Waals surface area contributed by atoms with Crippen molar-refractivity contribution in [3.63, 3.8) is 0 Å². The number of aryl methyl sites for hydroxylation is 1. The molecule has 2 aliphatic heterocycles. The maximum absolute atomic E-state index is 12.3. The molecule has 116 valence electrons. The van der Waals surface area contributed by atoms with E-state index in [0.717, 1.165) is 55.0 Å². The van der Waals surface area contributed by atoms with Crippen molar-refractivity contribution in [2.75, 3.05) is 19.8 Å². The molecular weight excluding hydrogens is 278 g/mol. The van der Waals surface area contributed by atoms with Crippen LogP contribution in [0.4, 0.5) is 0 Å². The molecule has 0 aliphatic carbocycles. The fourth-order valence-corrected chi connectivity index (χ4v) is 3.72. The van der Waals surface area contributed by atoms with E-state index in [9.17, 15) is 4.79 Å². The second-order valence-corrected chi connectivity index (χ2v) is 6.73. The van der Waals surface area contributed by atoms with Crippen LogP contribution in [0.3, 0.4) is 0 Å². The van der Waals surface area contributed by atoms with E-state index in [2.05, 4.69) is 22.1 Å².